The fourth-order valence-electron chi connectivity index (χ4n) is 4.37. The smallest absolute Gasteiger partial charge is 0.0615 e. The van der Waals surface area contributed by atoms with E-state index in [-0.39, 0.29) is 6.61 Å². The summed E-state index contributed by atoms with van der Waals surface area (Å²) in [4.78, 5) is 0. The second-order valence-corrected chi connectivity index (χ2v) is 5.36. The molecule has 3 aliphatic rings. The fourth-order valence-corrected chi connectivity index (χ4v) is 4.37. The summed E-state index contributed by atoms with van der Waals surface area (Å²) in [5.74, 6) is 3.68. The van der Waals surface area contributed by atoms with E-state index in [1.54, 1.807) is 5.57 Å². The van der Waals surface area contributed by atoms with Gasteiger partial charge in [-0.3, -0.25) is 0 Å². The molecule has 0 aromatic heterocycles. The first-order valence-electron chi connectivity index (χ1n) is 6.21. The van der Waals surface area contributed by atoms with Gasteiger partial charge in [-0.2, -0.15) is 0 Å². The van der Waals surface area contributed by atoms with Crippen LogP contribution in [0.2, 0.25) is 0 Å². The third kappa shape index (κ3) is 1.18. The molecule has 1 N–H and O–H groups in total. The maximum atomic E-state index is 9.09. The van der Waals surface area contributed by atoms with Crippen molar-refractivity contribution in [3.63, 3.8) is 0 Å². The first-order valence-corrected chi connectivity index (χ1v) is 6.21. The van der Waals surface area contributed by atoms with Crippen molar-refractivity contribution in [2.75, 3.05) is 6.61 Å². The highest BCUT2D eigenvalue weighted by Gasteiger charge is 2.45. The van der Waals surface area contributed by atoms with Gasteiger partial charge in [0.15, 0.2) is 0 Å². The number of fused-ring (bicyclic) bond motifs is 6. The Labute approximate surface area is 86.2 Å². The Kier molecular flexibility index (Phi) is 2.16. The lowest BCUT2D eigenvalue weighted by molar-refractivity contribution is 0.185. The largest absolute Gasteiger partial charge is 0.392 e. The van der Waals surface area contributed by atoms with Crippen LogP contribution in [0.4, 0.5) is 0 Å². The lowest BCUT2D eigenvalue weighted by Gasteiger charge is -2.42. The summed E-state index contributed by atoms with van der Waals surface area (Å²) in [6.45, 7) is 0.266. The molecule has 4 bridgehead atoms. The van der Waals surface area contributed by atoms with Crippen LogP contribution < -0.4 is 0 Å². The third-order valence-corrected chi connectivity index (χ3v) is 4.87. The zero-order valence-electron chi connectivity index (χ0n) is 8.78. The maximum Gasteiger partial charge on any atom is 0.0615 e. The minimum atomic E-state index is 0.266. The monoisotopic (exact) mass is 192 g/mol. The van der Waals surface area contributed by atoms with Crippen LogP contribution in [0.15, 0.2) is 11.6 Å². The van der Waals surface area contributed by atoms with Gasteiger partial charge in [-0.15, -0.1) is 0 Å². The highest BCUT2D eigenvalue weighted by Crippen LogP contribution is 2.56. The SMILES string of the molecule is OCC=C1[C@H]2CCC[C@@H]1[C@H]1CC[C@@H]2C1. The van der Waals surface area contributed by atoms with Crippen molar-refractivity contribution in [1.29, 1.82) is 0 Å². The summed E-state index contributed by atoms with van der Waals surface area (Å²) in [5.41, 5.74) is 1.65. The van der Waals surface area contributed by atoms with Crippen LogP contribution in [0.1, 0.15) is 38.5 Å². The topological polar surface area (TPSA) is 20.2 Å². The molecule has 0 unspecified atom stereocenters. The van der Waals surface area contributed by atoms with E-state index in [0.29, 0.717) is 0 Å². The lowest BCUT2D eigenvalue weighted by Crippen LogP contribution is -2.32. The summed E-state index contributed by atoms with van der Waals surface area (Å²) >= 11 is 0. The first kappa shape index (κ1) is 8.96. The lowest BCUT2D eigenvalue weighted by atomic mass is 9.63. The van der Waals surface area contributed by atoms with Gasteiger partial charge in [-0.1, -0.05) is 18.1 Å². The number of aliphatic hydroxyl groups is 1. The van der Waals surface area contributed by atoms with E-state index in [1.165, 1.54) is 38.5 Å². The Morgan fingerprint density at radius 3 is 2.29 bits per heavy atom. The average Bonchev–Trinajstić information content (AvgIpc) is 2.63. The van der Waals surface area contributed by atoms with Crippen molar-refractivity contribution in [2.45, 2.75) is 38.5 Å². The molecular formula is C13H20O. The van der Waals surface area contributed by atoms with Crippen molar-refractivity contribution in [2.24, 2.45) is 23.7 Å². The van der Waals surface area contributed by atoms with E-state index >= 15 is 0 Å². The van der Waals surface area contributed by atoms with Crippen LogP contribution in [0.25, 0.3) is 0 Å². The second kappa shape index (κ2) is 3.37. The van der Waals surface area contributed by atoms with Crippen LogP contribution in [-0.2, 0) is 0 Å². The maximum absolute atomic E-state index is 9.09. The van der Waals surface area contributed by atoms with Crippen molar-refractivity contribution in [3.8, 4) is 0 Å². The Morgan fingerprint density at radius 1 is 1.07 bits per heavy atom. The molecule has 0 spiro atoms. The zero-order chi connectivity index (χ0) is 9.54. The minimum Gasteiger partial charge on any atom is -0.392 e. The Morgan fingerprint density at radius 2 is 1.71 bits per heavy atom. The standard InChI is InChI=1S/C13H20O/c14-7-6-13-11-2-1-3-12(13)10-5-4-9(11)8-10/h6,9-12,14H,1-5,7-8H2/t9-,10+,11+,12-. The van der Waals surface area contributed by atoms with Crippen LogP contribution >= 0.6 is 0 Å². The molecule has 3 saturated carbocycles. The van der Waals surface area contributed by atoms with Crippen molar-refractivity contribution >= 4 is 0 Å². The molecule has 0 aliphatic heterocycles. The molecule has 0 saturated heterocycles. The first-order chi connectivity index (χ1) is 6.90. The summed E-state index contributed by atoms with van der Waals surface area (Å²) in [6.07, 6.45) is 10.8. The zero-order valence-corrected chi connectivity index (χ0v) is 8.78. The average molecular weight is 192 g/mol. The second-order valence-electron chi connectivity index (χ2n) is 5.36. The molecule has 3 fully saturated rings. The molecule has 0 amide bonds. The normalized spacial score (nSPS) is 48.5. The molecule has 0 aromatic carbocycles. The van der Waals surface area contributed by atoms with Gasteiger partial charge in [0.2, 0.25) is 0 Å². The van der Waals surface area contributed by atoms with Gasteiger partial charge in [0.05, 0.1) is 6.61 Å². The van der Waals surface area contributed by atoms with E-state index in [0.717, 1.165) is 23.7 Å². The van der Waals surface area contributed by atoms with Crippen molar-refractivity contribution in [1.82, 2.24) is 0 Å². The molecule has 4 atom stereocenters. The molecule has 78 valence electrons. The van der Waals surface area contributed by atoms with E-state index < -0.39 is 0 Å². The Hall–Kier alpha value is -0.300. The van der Waals surface area contributed by atoms with Gasteiger partial charge in [-0.25, -0.2) is 0 Å². The summed E-state index contributed by atoms with van der Waals surface area (Å²) in [5, 5.41) is 9.09. The van der Waals surface area contributed by atoms with Crippen LogP contribution in [0.3, 0.4) is 0 Å². The predicted molar refractivity (Wildman–Crippen MR) is 56.8 cm³/mol. The third-order valence-electron chi connectivity index (χ3n) is 4.87. The number of hydrogen-bond acceptors (Lipinski definition) is 1. The summed E-state index contributed by atoms with van der Waals surface area (Å²) < 4.78 is 0. The van der Waals surface area contributed by atoms with E-state index in [1.807, 2.05) is 0 Å². The van der Waals surface area contributed by atoms with E-state index in [4.69, 9.17) is 5.11 Å². The molecule has 0 aromatic rings. The number of allylic oxidation sites excluding steroid dienone is 1. The Bertz CT molecular complexity index is 236. The Balaban J connectivity index is 1.95. The minimum absolute atomic E-state index is 0.266. The van der Waals surface area contributed by atoms with Crippen LogP contribution in [0.5, 0.6) is 0 Å². The van der Waals surface area contributed by atoms with Gasteiger partial charge in [0.1, 0.15) is 0 Å². The van der Waals surface area contributed by atoms with Gasteiger partial charge in [0, 0.05) is 0 Å². The number of rotatable bonds is 1. The fraction of sp³-hybridized carbons (Fsp3) is 0.846. The van der Waals surface area contributed by atoms with E-state index in [9.17, 15) is 0 Å². The molecule has 14 heavy (non-hydrogen) atoms. The number of aliphatic hydroxyl groups excluding tert-OH is 1. The quantitative estimate of drug-likeness (QED) is 0.633. The van der Waals surface area contributed by atoms with Gasteiger partial charge in [-0.05, 0) is 55.8 Å². The molecule has 0 radical (unpaired) electrons. The summed E-state index contributed by atoms with van der Waals surface area (Å²) in [7, 11) is 0. The highest BCUT2D eigenvalue weighted by atomic mass is 16.2. The number of hydrogen-bond donors (Lipinski definition) is 1. The van der Waals surface area contributed by atoms with Crippen molar-refractivity contribution in [3.05, 3.63) is 11.6 Å². The predicted octanol–water partition coefficient (Wildman–Crippen LogP) is 2.75. The molecule has 1 heteroatoms. The summed E-state index contributed by atoms with van der Waals surface area (Å²) in [6, 6.07) is 0. The van der Waals surface area contributed by atoms with Crippen LogP contribution in [0, 0.1) is 23.7 Å². The van der Waals surface area contributed by atoms with Crippen LogP contribution in [-0.4, -0.2) is 11.7 Å². The van der Waals surface area contributed by atoms with Gasteiger partial charge >= 0.3 is 0 Å². The molecule has 1 nitrogen and oxygen atoms in total. The molecule has 0 heterocycles. The van der Waals surface area contributed by atoms with Gasteiger partial charge in [0.25, 0.3) is 0 Å². The highest BCUT2D eigenvalue weighted by molar-refractivity contribution is 5.21. The molecule has 3 rings (SSSR count). The molecular weight excluding hydrogens is 172 g/mol. The van der Waals surface area contributed by atoms with Crippen molar-refractivity contribution < 1.29 is 5.11 Å². The van der Waals surface area contributed by atoms with E-state index in [2.05, 4.69) is 6.08 Å². The van der Waals surface area contributed by atoms with Gasteiger partial charge < -0.3 is 5.11 Å². The molecule has 3 aliphatic carbocycles.